The van der Waals surface area contributed by atoms with E-state index >= 15 is 13.2 Å². The zero-order valence-electron chi connectivity index (χ0n) is 40.3. The Kier molecular flexibility index (Phi) is 20.4. The zero-order valence-corrected chi connectivity index (χ0v) is 40.3. The van der Waals surface area contributed by atoms with Crippen LogP contribution in [0.3, 0.4) is 0 Å². The van der Waals surface area contributed by atoms with Gasteiger partial charge in [-0.1, -0.05) is 25.0 Å². The minimum absolute atomic E-state index is 0.0227. The number of benzene rings is 4. The Morgan fingerprint density at radius 1 is 0.442 bits per heavy atom. The van der Waals surface area contributed by atoms with Crippen LogP contribution in [-0.4, -0.2) is 44.3 Å². The number of ether oxygens (including phenoxy) is 2. The molecule has 0 saturated carbocycles. The number of halogens is 24. The molecule has 0 fully saturated rings. The number of alkyl halides is 24. The second kappa shape index (κ2) is 23.9. The largest absolute Gasteiger partial charge is 0.864 e. The molecule has 0 heterocycles. The van der Waals surface area contributed by atoms with E-state index in [-0.39, 0.29) is 68.6 Å². The standard InChI is InChI=1S/C38H39BF18NO5.C8H3F6/c1-7-11-59-21(5)58(9-3,10-4)32(6,60-12-8-2)31-29(38(55,56)57)19-26(37(52,53)54)20-30(31)63-39(61-27-15-22(33(40,41)42)13-23(16-27)34(43,44)45)62-28-17-24(35(46,47)48)14-25(18-28)36(49,50)51;9-7(10,11)5-2-1-3-6(4-5)8(12,13)14/h13-21H,7-12H2,1-6H3;2-4H/q+1;-1. The summed E-state index contributed by atoms with van der Waals surface area (Å²) >= 11 is 0. The van der Waals surface area contributed by atoms with Crippen molar-refractivity contribution < 1.29 is 133 Å². The Balaban J connectivity index is 0.000000961. The maximum absolute atomic E-state index is 15.3. The van der Waals surface area contributed by atoms with Crippen LogP contribution in [0.4, 0.5) is 105 Å². The quantitative estimate of drug-likeness (QED) is 0.0347. The number of hydrogen-bond acceptors (Lipinski definition) is 5. The van der Waals surface area contributed by atoms with Gasteiger partial charge in [-0.05, 0) is 75.2 Å². The number of nitrogens with zero attached hydrogens (tertiary/aromatic N) is 1. The van der Waals surface area contributed by atoms with Crippen molar-refractivity contribution in [2.24, 2.45) is 0 Å². The maximum Gasteiger partial charge on any atom is 0.864 e. The van der Waals surface area contributed by atoms with E-state index < -0.39 is 159 Å². The Bertz CT molecular complexity index is 2410. The predicted octanol–water partition coefficient (Wildman–Crippen LogP) is 17.1. The minimum atomic E-state index is -5.79. The van der Waals surface area contributed by atoms with Gasteiger partial charge in [0.1, 0.15) is 17.2 Å². The van der Waals surface area contributed by atoms with Gasteiger partial charge in [-0.25, -0.2) is 0 Å². The lowest BCUT2D eigenvalue weighted by Crippen LogP contribution is -2.67. The molecule has 0 aliphatic carbocycles. The summed E-state index contributed by atoms with van der Waals surface area (Å²) in [5.41, 5.74) is -19.4. The summed E-state index contributed by atoms with van der Waals surface area (Å²) in [4.78, 5) is 0. The van der Waals surface area contributed by atoms with Crippen molar-refractivity contribution in [3.8, 4) is 17.2 Å². The molecule has 0 spiro atoms. The van der Waals surface area contributed by atoms with Crippen LogP contribution in [0.15, 0.2) is 66.7 Å². The molecular weight excluding hydrogens is 1110 g/mol. The Labute approximate surface area is 422 Å². The summed E-state index contributed by atoms with van der Waals surface area (Å²) in [6.07, 6.45) is -44.3. The van der Waals surface area contributed by atoms with Crippen LogP contribution in [-0.2, 0) is 64.6 Å². The van der Waals surface area contributed by atoms with Crippen LogP contribution < -0.4 is 14.0 Å². The van der Waals surface area contributed by atoms with E-state index in [9.17, 15) is 92.2 Å². The summed E-state index contributed by atoms with van der Waals surface area (Å²) in [5, 5.41) is 0. The molecule has 0 aliphatic heterocycles. The van der Waals surface area contributed by atoms with Gasteiger partial charge in [-0.15, -0.1) is 6.07 Å². The second-order valence-electron chi connectivity index (χ2n) is 16.5. The van der Waals surface area contributed by atoms with Gasteiger partial charge in [-0.2, -0.15) is 124 Å². The summed E-state index contributed by atoms with van der Waals surface area (Å²) in [6.45, 7) is 7.49. The molecular formula is C46H42BF24NO5. The maximum atomic E-state index is 15.3. The number of rotatable bonds is 17. The topological polar surface area (TPSA) is 46.2 Å². The molecule has 0 aliphatic rings. The third-order valence-electron chi connectivity index (χ3n) is 11.3. The molecule has 0 radical (unpaired) electrons. The average molecular weight is 1160 g/mol. The summed E-state index contributed by atoms with van der Waals surface area (Å²) in [5.74, 6) is -4.90. The van der Waals surface area contributed by atoms with Crippen LogP contribution in [0.1, 0.15) is 104 Å². The lowest BCUT2D eigenvalue weighted by molar-refractivity contribution is -1.04. The second-order valence-corrected chi connectivity index (χ2v) is 16.5. The summed E-state index contributed by atoms with van der Waals surface area (Å²) in [6, 6.07) is 0.710. The van der Waals surface area contributed by atoms with Crippen molar-refractivity contribution >= 4 is 7.32 Å². The van der Waals surface area contributed by atoms with E-state index in [2.05, 4.69) is 0 Å². The van der Waals surface area contributed by atoms with E-state index in [1.807, 2.05) is 0 Å². The van der Waals surface area contributed by atoms with Crippen molar-refractivity contribution in [2.45, 2.75) is 116 Å². The van der Waals surface area contributed by atoms with Gasteiger partial charge in [-0.3, -0.25) is 4.48 Å². The first-order valence-electron chi connectivity index (χ1n) is 22.0. The number of hydrogen-bond donors (Lipinski definition) is 0. The molecule has 4 aromatic carbocycles. The first-order chi connectivity index (χ1) is 34.8. The van der Waals surface area contributed by atoms with E-state index in [1.165, 1.54) is 27.7 Å². The van der Waals surface area contributed by atoms with Gasteiger partial charge in [0.25, 0.3) is 0 Å². The Morgan fingerprint density at radius 3 is 1.09 bits per heavy atom. The van der Waals surface area contributed by atoms with E-state index in [1.54, 1.807) is 13.0 Å². The fourth-order valence-electron chi connectivity index (χ4n) is 7.60. The molecule has 2 atom stereocenters. The van der Waals surface area contributed by atoms with Crippen LogP contribution in [0.5, 0.6) is 17.2 Å². The number of quaternary nitrogens is 1. The molecule has 0 N–H and O–H groups in total. The fourth-order valence-corrected chi connectivity index (χ4v) is 7.60. The highest BCUT2D eigenvalue weighted by Gasteiger charge is 2.58. The lowest BCUT2D eigenvalue weighted by atomic mass is 9.89. The van der Waals surface area contributed by atoms with Crippen LogP contribution >= 0.6 is 0 Å². The lowest BCUT2D eigenvalue weighted by Gasteiger charge is -2.53. The Hall–Kier alpha value is -5.46. The molecule has 77 heavy (non-hydrogen) atoms. The predicted molar refractivity (Wildman–Crippen MR) is 223 cm³/mol. The van der Waals surface area contributed by atoms with Crippen molar-refractivity contribution in [2.75, 3.05) is 26.3 Å². The van der Waals surface area contributed by atoms with Crippen molar-refractivity contribution in [3.63, 3.8) is 0 Å². The normalized spacial score (nSPS) is 14.6. The molecule has 6 nitrogen and oxygen atoms in total. The van der Waals surface area contributed by atoms with Crippen molar-refractivity contribution in [1.29, 1.82) is 0 Å². The SMILES string of the molecule is CCCOC(C)[N+](CC)(CC)C(C)(OCCC)c1c(OB(Oc2cc(C(F)(F)F)cc(C(F)(F)F)c2)Oc2cc(C(F)(F)F)cc(C(F)(F)F)c2)cc(C(F)(F)F)cc1C(F)(F)F.FC(F)(F)c1c[c-]cc(C(F)(F)F)c1. The first-order valence-corrected chi connectivity index (χ1v) is 22.0. The van der Waals surface area contributed by atoms with E-state index in [4.69, 9.17) is 23.4 Å². The van der Waals surface area contributed by atoms with E-state index in [0.717, 1.165) is 6.92 Å². The molecule has 4 aromatic rings. The highest BCUT2D eigenvalue weighted by molar-refractivity contribution is 6.39. The molecule has 0 saturated heterocycles. The van der Waals surface area contributed by atoms with Crippen LogP contribution in [0.2, 0.25) is 0 Å². The zero-order chi connectivity index (χ0) is 59.3. The molecule has 0 amide bonds. The average Bonchev–Trinajstić information content (AvgIpc) is 3.28. The van der Waals surface area contributed by atoms with Gasteiger partial charge in [0.05, 0.1) is 65.2 Å². The third kappa shape index (κ3) is 16.8. The molecule has 0 bridgehead atoms. The highest BCUT2D eigenvalue weighted by Crippen LogP contribution is 2.52. The van der Waals surface area contributed by atoms with Gasteiger partial charge in [0.2, 0.25) is 5.72 Å². The van der Waals surface area contributed by atoms with Crippen LogP contribution in [0.25, 0.3) is 0 Å². The first kappa shape index (κ1) is 65.8. The highest BCUT2D eigenvalue weighted by atomic mass is 19.4. The van der Waals surface area contributed by atoms with Crippen molar-refractivity contribution in [1.82, 2.24) is 0 Å². The third-order valence-corrected chi connectivity index (χ3v) is 11.3. The smallest absolute Gasteiger partial charge is 0.490 e. The van der Waals surface area contributed by atoms with Crippen LogP contribution in [0, 0.1) is 6.07 Å². The fraction of sp³-hybridized carbons (Fsp3) is 0.478. The van der Waals surface area contributed by atoms with Gasteiger partial charge < -0.3 is 23.4 Å². The van der Waals surface area contributed by atoms with Gasteiger partial charge in [0.15, 0.2) is 6.23 Å². The molecule has 31 heteroatoms. The van der Waals surface area contributed by atoms with Gasteiger partial charge in [0, 0.05) is 13.8 Å². The minimum Gasteiger partial charge on any atom is -0.490 e. The summed E-state index contributed by atoms with van der Waals surface area (Å²) < 4.78 is 354. The van der Waals surface area contributed by atoms with Gasteiger partial charge >= 0.3 is 56.7 Å². The Morgan fingerprint density at radius 2 is 0.779 bits per heavy atom. The molecule has 0 aromatic heterocycles. The molecule has 2 unspecified atom stereocenters. The monoisotopic (exact) mass is 1160 g/mol. The summed E-state index contributed by atoms with van der Waals surface area (Å²) in [7, 11) is -3.38. The molecule has 4 rings (SSSR count). The van der Waals surface area contributed by atoms with E-state index in [0.29, 0.717) is 18.6 Å². The van der Waals surface area contributed by atoms with Crippen molar-refractivity contribution in [3.05, 3.63) is 123 Å². The molecule has 432 valence electrons.